The Morgan fingerprint density at radius 2 is 1.69 bits per heavy atom. The van der Waals surface area contributed by atoms with Crippen LogP contribution >= 0.6 is 11.6 Å². The van der Waals surface area contributed by atoms with Gasteiger partial charge in [-0.05, 0) is 41.8 Å². The Bertz CT molecular complexity index is 1100. The minimum atomic E-state index is -0.925. The van der Waals surface area contributed by atoms with Crippen molar-refractivity contribution >= 4 is 23.4 Å². The highest BCUT2D eigenvalue weighted by atomic mass is 35.5. The molecule has 0 aliphatic carbocycles. The largest absolute Gasteiger partial charge is 0.482 e. The topological polar surface area (TPSA) is 67.9 Å². The maximum Gasteiger partial charge on any atom is 0.261 e. The molecule has 35 heavy (non-hydrogen) atoms. The van der Waals surface area contributed by atoms with Crippen molar-refractivity contribution < 1.29 is 23.5 Å². The number of para-hydroxylation sites is 1. The number of hydrogen-bond acceptors (Lipinski definition) is 4. The van der Waals surface area contributed by atoms with Gasteiger partial charge in [0.15, 0.2) is 6.61 Å². The number of carbonyl (C=O) groups excluding carboxylic acids is 2. The average Bonchev–Trinajstić information content (AvgIpc) is 2.87. The molecule has 8 heteroatoms. The second-order valence-electron chi connectivity index (χ2n) is 7.82. The zero-order valence-electron chi connectivity index (χ0n) is 19.5. The first kappa shape index (κ1) is 26.2. The Labute approximate surface area is 209 Å². The monoisotopic (exact) mass is 498 g/mol. The van der Waals surface area contributed by atoms with Crippen LogP contribution in [0.1, 0.15) is 23.6 Å². The van der Waals surface area contributed by atoms with Gasteiger partial charge < -0.3 is 19.7 Å². The van der Waals surface area contributed by atoms with Crippen LogP contribution in [0.25, 0.3) is 0 Å². The fourth-order valence-corrected chi connectivity index (χ4v) is 3.72. The molecule has 0 bridgehead atoms. The van der Waals surface area contributed by atoms with Gasteiger partial charge in [-0.15, -0.1) is 0 Å². The second-order valence-corrected chi connectivity index (χ2v) is 8.23. The molecule has 0 aliphatic rings. The third-order valence-electron chi connectivity index (χ3n) is 5.27. The van der Waals surface area contributed by atoms with Gasteiger partial charge in [-0.2, -0.15) is 0 Å². The minimum absolute atomic E-state index is 0.0794. The SMILES string of the molecule is COCCCNC(=O)C(c1ccccc1)N(Cc1ccc(F)cc1)C(=O)COc1ccccc1Cl. The zero-order valence-corrected chi connectivity index (χ0v) is 20.2. The molecule has 3 aromatic carbocycles. The van der Waals surface area contributed by atoms with E-state index in [1.807, 2.05) is 6.07 Å². The highest BCUT2D eigenvalue weighted by molar-refractivity contribution is 6.32. The average molecular weight is 499 g/mol. The molecule has 1 unspecified atom stereocenters. The lowest BCUT2D eigenvalue weighted by atomic mass is 10.0. The van der Waals surface area contributed by atoms with Crippen LogP contribution in [0.3, 0.4) is 0 Å². The van der Waals surface area contributed by atoms with Crippen molar-refractivity contribution in [1.82, 2.24) is 10.2 Å². The molecule has 184 valence electrons. The van der Waals surface area contributed by atoms with E-state index in [-0.39, 0.29) is 24.9 Å². The van der Waals surface area contributed by atoms with Crippen molar-refractivity contribution in [2.45, 2.75) is 19.0 Å². The number of carbonyl (C=O) groups is 2. The number of nitrogens with zero attached hydrogens (tertiary/aromatic N) is 1. The normalized spacial score (nSPS) is 11.5. The number of amides is 2. The van der Waals surface area contributed by atoms with Crippen LogP contribution in [0.4, 0.5) is 4.39 Å². The molecule has 1 N–H and O–H groups in total. The molecule has 0 fully saturated rings. The second kappa shape index (κ2) is 13.5. The lowest BCUT2D eigenvalue weighted by molar-refractivity contribution is -0.143. The summed E-state index contributed by atoms with van der Waals surface area (Å²) in [4.78, 5) is 28.3. The van der Waals surface area contributed by atoms with Crippen LogP contribution in [-0.4, -0.2) is 43.6 Å². The fraction of sp³-hybridized carbons (Fsp3) is 0.259. The summed E-state index contributed by atoms with van der Waals surface area (Å²) in [7, 11) is 1.59. The van der Waals surface area contributed by atoms with E-state index in [1.54, 1.807) is 67.8 Å². The molecule has 1 atom stereocenters. The first-order valence-electron chi connectivity index (χ1n) is 11.2. The van der Waals surface area contributed by atoms with Gasteiger partial charge in [0.2, 0.25) is 5.91 Å². The van der Waals surface area contributed by atoms with Gasteiger partial charge in [0.25, 0.3) is 5.91 Å². The first-order chi connectivity index (χ1) is 17.0. The lowest BCUT2D eigenvalue weighted by Crippen LogP contribution is -2.45. The van der Waals surface area contributed by atoms with Gasteiger partial charge in [-0.1, -0.05) is 66.2 Å². The molecule has 0 heterocycles. The molecular weight excluding hydrogens is 471 g/mol. The zero-order chi connectivity index (χ0) is 25.0. The highest BCUT2D eigenvalue weighted by Crippen LogP contribution is 2.26. The summed E-state index contributed by atoms with van der Waals surface area (Å²) in [6.07, 6.45) is 0.630. The Kier molecular flexibility index (Phi) is 10.1. The van der Waals surface area contributed by atoms with E-state index in [0.29, 0.717) is 41.5 Å². The Balaban J connectivity index is 1.90. The lowest BCUT2D eigenvalue weighted by Gasteiger charge is -2.31. The Morgan fingerprint density at radius 1 is 1.00 bits per heavy atom. The molecule has 0 aliphatic heterocycles. The predicted molar refractivity (Wildman–Crippen MR) is 133 cm³/mol. The van der Waals surface area contributed by atoms with E-state index in [9.17, 15) is 14.0 Å². The molecule has 0 saturated carbocycles. The third-order valence-corrected chi connectivity index (χ3v) is 5.59. The minimum Gasteiger partial charge on any atom is -0.482 e. The summed E-state index contributed by atoms with van der Waals surface area (Å²) in [5.74, 6) is -0.774. The Hall–Kier alpha value is -3.42. The predicted octanol–water partition coefficient (Wildman–Crippen LogP) is 4.78. The van der Waals surface area contributed by atoms with Gasteiger partial charge in [-0.25, -0.2) is 4.39 Å². The number of hydrogen-bond donors (Lipinski definition) is 1. The summed E-state index contributed by atoms with van der Waals surface area (Å²) in [5.41, 5.74) is 1.32. The van der Waals surface area contributed by atoms with Crippen molar-refractivity contribution in [3.05, 3.63) is 101 Å². The number of halogens is 2. The van der Waals surface area contributed by atoms with Crippen LogP contribution in [-0.2, 0) is 20.9 Å². The fourth-order valence-electron chi connectivity index (χ4n) is 3.53. The molecule has 0 radical (unpaired) electrons. The van der Waals surface area contributed by atoms with Gasteiger partial charge >= 0.3 is 0 Å². The maximum atomic E-state index is 13.5. The van der Waals surface area contributed by atoms with Crippen molar-refractivity contribution in [2.24, 2.45) is 0 Å². The van der Waals surface area contributed by atoms with Crippen molar-refractivity contribution in [2.75, 3.05) is 26.9 Å². The first-order valence-corrected chi connectivity index (χ1v) is 11.6. The number of benzene rings is 3. The van der Waals surface area contributed by atoms with E-state index < -0.39 is 11.9 Å². The quantitative estimate of drug-likeness (QED) is 0.365. The number of rotatable bonds is 12. The summed E-state index contributed by atoms with van der Waals surface area (Å²) < 4.78 is 24.2. The molecule has 0 spiro atoms. The Morgan fingerprint density at radius 3 is 2.37 bits per heavy atom. The molecule has 6 nitrogen and oxygen atoms in total. The van der Waals surface area contributed by atoms with Crippen molar-refractivity contribution in [3.8, 4) is 5.75 Å². The third kappa shape index (κ3) is 7.80. The maximum absolute atomic E-state index is 13.5. The van der Waals surface area contributed by atoms with Crippen LogP contribution < -0.4 is 10.1 Å². The summed E-state index contributed by atoms with van der Waals surface area (Å²) in [5, 5.41) is 3.27. The van der Waals surface area contributed by atoms with E-state index in [2.05, 4.69) is 5.32 Å². The van der Waals surface area contributed by atoms with Gasteiger partial charge in [0.1, 0.15) is 17.6 Å². The molecule has 0 aromatic heterocycles. The molecule has 0 saturated heterocycles. The van der Waals surface area contributed by atoms with Crippen LogP contribution in [0.15, 0.2) is 78.9 Å². The van der Waals surface area contributed by atoms with Crippen LogP contribution in [0.5, 0.6) is 5.75 Å². The van der Waals surface area contributed by atoms with Crippen LogP contribution in [0, 0.1) is 5.82 Å². The highest BCUT2D eigenvalue weighted by Gasteiger charge is 2.31. The van der Waals surface area contributed by atoms with Crippen molar-refractivity contribution in [1.29, 1.82) is 0 Å². The van der Waals surface area contributed by atoms with Gasteiger partial charge in [0, 0.05) is 26.8 Å². The molecule has 3 rings (SSSR count). The van der Waals surface area contributed by atoms with Gasteiger partial charge in [-0.3, -0.25) is 9.59 Å². The molecule has 2 amide bonds. The van der Waals surface area contributed by atoms with E-state index in [4.69, 9.17) is 21.1 Å². The summed E-state index contributed by atoms with van der Waals surface area (Å²) in [6, 6.07) is 20.8. The van der Waals surface area contributed by atoms with E-state index in [1.165, 1.54) is 17.0 Å². The number of ether oxygens (including phenoxy) is 2. The smallest absolute Gasteiger partial charge is 0.261 e. The summed E-state index contributed by atoms with van der Waals surface area (Å²) in [6.45, 7) is 0.645. The van der Waals surface area contributed by atoms with Crippen LogP contribution in [0.2, 0.25) is 5.02 Å². The molecular formula is C27H28ClFN2O4. The molecule has 3 aromatic rings. The van der Waals surface area contributed by atoms with Gasteiger partial charge in [0.05, 0.1) is 5.02 Å². The van der Waals surface area contributed by atoms with Crippen molar-refractivity contribution in [3.63, 3.8) is 0 Å². The summed E-state index contributed by atoms with van der Waals surface area (Å²) >= 11 is 6.16. The van der Waals surface area contributed by atoms with E-state index >= 15 is 0 Å². The van der Waals surface area contributed by atoms with E-state index in [0.717, 1.165) is 0 Å². The number of methoxy groups -OCH3 is 1. The standard InChI is InChI=1S/C27H28ClFN2O4/c1-34-17-7-16-30-27(33)26(21-8-3-2-4-9-21)31(18-20-12-14-22(29)15-13-20)25(32)19-35-24-11-6-5-10-23(24)28/h2-6,8-15,26H,7,16-19H2,1H3,(H,30,33). The number of nitrogens with one attached hydrogen (secondary N) is 1.